The predicted octanol–water partition coefficient (Wildman–Crippen LogP) is 3.92. The van der Waals surface area contributed by atoms with E-state index in [0.29, 0.717) is 37.0 Å². The summed E-state index contributed by atoms with van der Waals surface area (Å²) in [5, 5.41) is 4.58. The molecule has 0 radical (unpaired) electrons. The van der Waals surface area contributed by atoms with Crippen molar-refractivity contribution < 1.29 is 13.9 Å². The van der Waals surface area contributed by atoms with Crippen LogP contribution in [-0.2, 0) is 13.0 Å². The molecule has 3 rings (SSSR count). The van der Waals surface area contributed by atoms with E-state index in [4.69, 9.17) is 4.74 Å². The second-order valence-corrected chi connectivity index (χ2v) is 7.50. The summed E-state index contributed by atoms with van der Waals surface area (Å²) in [7, 11) is 0. The molecule has 0 atom stereocenters. The van der Waals surface area contributed by atoms with E-state index in [2.05, 4.69) is 18.9 Å². The van der Waals surface area contributed by atoms with Crippen molar-refractivity contribution in [2.45, 2.75) is 52.7 Å². The van der Waals surface area contributed by atoms with Gasteiger partial charge in [0.05, 0.1) is 5.69 Å². The number of ether oxygens (including phenoxy) is 1. The van der Waals surface area contributed by atoms with Gasteiger partial charge in [-0.1, -0.05) is 13.8 Å². The van der Waals surface area contributed by atoms with Crippen LogP contribution < -0.4 is 4.74 Å². The van der Waals surface area contributed by atoms with Gasteiger partial charge in [-0.3, -0.25) is 9.48 Å². The van der Waals surface area contributed by atoms with Crippen LogP contribution in [0.15, 0.2) is 30.3 Å². The summed E-state index contributed by atoms with van der Waals surface area (Å²) in [6.07, 6.45) is 2.46. The quantitative estimate of drug-likeness (QED) is 0.771. The van der Waals surface area contributed by atoms with E-state index in [9.17, 15) is 9.18 Å². The third kappa shape index (κ3) is 4.87. The van der Waals surface area contributed by atoms with Gasteiger partial charge in [-0.15, -0.1) is 0 Å². The maximum Gasteiger partial charge on any atom is 0.272 e. The maximum absolute atomic E-state index is 13.0. The molecule has 1 amide bonds. The SMILES string of the molecule is CCn1nc(CC(C)C)cc1C(=O)N1CCC(Oc2ccc(F)cc2)CC1. The van der Waals surface area contributed by atoms with Gasteiger partial charge in [0.1, 0.15) is 23.4 Å². The summed E-state index contributed by atoms with van der Waals surface area (Å²) in [6, 6.07) is 8.02. The van der Waals surface area contributed by atoms with E-state index in [0.717, 1.165) is 25.0 Å². The number of hydrogen-bond donors (Lipinski definition) is 0. The lowest BCUT2D eigenvalue weighted by molar-refractivity contribution is 0.0584. The van der Waals surface area contributed by atoms with Crippen LogP contribution in [0.1, 0.15) is 49.8 Å². The maximum atomic E-state index is 13.0. The van der Waals surface area contributed by atoms with Gasteiger partial charge in [0, 0.05) is 32.5 Å². The number of amides is 1. The summed E-state index contributed by atoms with van der Waals surface area (Å²) in [5.41, 5.74) is 1.65. The van der Waals surface area contributed by atoms with Crippen LogP contribution >= 0.6 is 0 Å². The third-order valence-electron chi connectivity index (χ3n) is 4.81. The van der Waals surface area contributed by atoms with Crippen molar-refractivity contribution in [1.82, 2.24) is 14.7 Å². The Labute approximate surface area is 160 Å². The lowest BCUT2D eigenvalue weighted by Crippen LogP contribution is -2.42. The summed E-state index contributed by atoms with van der Waals surface area (Å²) in [6.45, 7) is 8.30. The van der Waals surface area contributed by atoms with Crippen molar-refractivity contribution in [2.75, 3.05) is 13.1 Å². The number of halogens is 1. The van der Waals surface area contributed by atoms with Crippen molar-refractivity contribution in [3.8, 4) is 5.75 Å². The van der Waals surface area contributed by atoms with Crippen molar-refractivity contribution in [3.05, 3.63) is 47.5 Å². The standard InChI is InChI=1S/C21H28FN3O2/c1-4-25-20(14-17(23-25)13-15(2)3)21(26)24-11-9-19(10-12-24)27-18-7-5-16(22)6-8-18/h5-8,14-15,19H,4,9-13H2,1-3H3. The molecule has 5 nitrogen and oxygen atoms in total. The van der Waals surface area contributed by atoms with E-state index in [1.54, 1.807) is 16.8 Å². The minimum absolute atomic E-state index is 0.0413. The number of hydrogen-bond acceptors (Lipinski definition) is 3. The molecule has 0 N–H and O–H groups in total. The molecule has 0 aliphatic carbocycles. The van der Waals surface area contributed by atoms with Crippen LogP contribution in [0.2, 0.25) is 0 Å². The van der Waals surface area contributed by atoms with Crippen molar-refractivity contribution in [1.29, 1.82) is 0 Å². The summed E-state index contributed by atoms with van der Waals surface area (Å²) in [4.78, 5) is 14.8. The first-order valence-electron chi connectivity index (χ1n) is 9.74. The Bertz CT molecular complexity index is 762. The molecular weight excluding hydrogens is 345 g/mol. The summed E-state index contributed by atoms with van der Waals surface area (Å²) in [5.74, 6) is 0.947. The first-order chi connectivity index (χ1) is 13.0. The monoisotopic (exact) mass is 373 g/mol. The molecule has 1 aromatic carbocycles. The molecule has 27 heavy (non-hydrogen) atoms. The number of piperidine rings is 1. The molecule has 1 aromatic heterocycles. The number of carbonyl (C=O) groups is 1. The first kappa shape index (κ1) is 19.4. The van der Waals surface area contributed by atoms with Crippen LogP contribution in [0, 0.1) is 11.7 Å². The fourth-order valence-corrected chi connectivity index (χ4v) is 3.45. The van der Waals surface area contributed by atoms with Gasteiger partial charge < -0.3 is 9.64 Å². The van der Waals surface area contributed by atoms with Gasteiger partial charge in [-0.2, -0.15) is 5.10 Å². The highest BCUT2D eigenvalue weighted by Crippen LogP contribution is 2.21. The summed E-state index contributed by atoms with van der Waals surface area (Å²) < 4.78 is 20.7. The molecular formula is C21H28FN3O2. The van der Waals surface area contributed by atoms with Crippen LogP contribution in [0.3, 0.4) is 0 Å². The Kier molecular flexibility index (Phi) is 6.14. The fraction of sp³-hybridized carbons (Fsp3) is 0.524. The van der Waals surface area contributed by atoms with E-state index in [1.807, 2.05) is 17.9 Å². The number of nitrogens with zero attached hydrogens (tertiary/aromatic N) is 3. The third-order valence-corrected chi connectivity index (χ3v) is 4.81. The Morgan fingerprint density at radius 3 is 2.52 bits per heavy atom. The Balaban J connectivity index is 1.59. The predicted molar refractivity (Wildman–Crippen MR) is 102 cm³/mol. The second-order valence-electron chi connectivity index (χ2n) is 7.50. The lowest BCUT2D eigenvalue weighted by atomic mass is 10.1. The molecule has 1 saturated heterocycles. The lowest BCUT2D eigenvalue weighted by Gasteiger charge is -2.32. The van der Waals surface area contributed by atoms with Gasteiger partial charge >= 0.3 is 0 Å². The molecule has 0 spiro atoms. The molecule has 146 valence electrons. The zero-order valence-electron chi connectivity index (χ0n) is 16.3. The number of benzene rings is 1. The van der Waals surface area contributed by atoms with Crippen LogP contribution in [0.25, 0.3) is 0 Å². The average Bonchev–Trinajstić information content (AvgIpc) is 3.06. The molecule has 2 aromatic rings. The highest BCUT2D eigenvalue weighted by atomic mass is 19.1. The number of aryl methyl sites for hydroxylation is 1. The number of likely N-dealkylation sites (tertiary alicyclic amines) is 1. The van der Waals surface area contributed by atoms with E-state index in [1.165, 1.54) is 12.1 Å². The van der Waals surface area contributed by atoms with Crippen molar-refractivity contribution in [3.63, 3.8) is 0 Å². The van der Waals surface area contributed by atoms with Crippen molar-refractivity contribution in [2.24, 2.45) is 5.92 Å². The molecule has 2 heterocycles. The van der Waals surface area contributed by atoms with Gasteiger partial charge in [-0.05, 0) is 49.6 Å². The summed E-state index contributed by atoms with van der Waals surface area (Å²) >= 11 is 0. The van der Waals surface area contributed by atoms with Gasteiger partial charge in [-0.25, -0.2) is 4.39 Å². The average molecular weight is 373 g/mol. The van der Waals surface area contributed by atoms with E-state index in [-0.39, 0.29) is 17.8 Å². The molecule has 0 bridgehead atoms. The Morgan fingerprint density at radius 1 is 1.26 bits per heavy atom. The first-order valence-corrected chi connectivity index (χ1v) is 9.74. The van der Waals surface area contributed by atoms with Gasteiger partial charge in [0.2, 0.25) is 0 Å². The molecule has 0 unspecified atom stereocenters. The smallest absolute Gasteiger partial charge is 0.272 e. The molecule has 1 fully saturated rings. The Morgan fingerprint density at radius 2 is 1.93 bits per heavy atom. The molecule has 6 heteroatoms. The highest BCUT2D eigenvalue weighted by Gasteiger charge is 2.27. The molecule has 1 aliphatic rings. The van der Waals surface area contributed by atoms with Crippen LogP contribution in [-0.4, -0.2) is 39.8 Å². The largest absolute Gasteiger partial charge is 0.490 e. The number of aromatic nitrogens is 2. The fourth-order valence-electron chi connectivity index (χ4n) is 3.45. The normalized spacial score (nSPS) is 15.4. The number of carbonyl (C=O) groups excluding carboxylic acids is 1. The molecule has 1 aliphatic heterocycles. The highest BCUT2D eigenvalue weighted by molar-refractivity contribution is 5.92. The van der Waals surface area contributed by atoms with Crippen LogP contribution in [0.4, 0.5) is 4.39 Å². The topological polar surface area (TPSA) is 47.4 Å². The molecule has 0 saturated carbocycles. The van der Waals surface area contributed by atoms with Crippen LogP contribution in [0.5, 0.6) is 5.75 Å². The van der Waals surface area contributed by atoms with E-state index < -0.39 is 0 Å². The number of rotatable bonds is 6. The van der Waals surface area contributed by atoms with Gasteiger partial charge in [0.25, 0.3) is 5.91 Å². The Hall–Kier alpha value is -2.37. The van der Waals surface area contributed by atoms with Crippen molar-refractivity contribution >= 4 is 5.91 Å². The zero-order valence-corrected chi connectivity index (χ0v) is 16.3. The zero-order chi connectivity index (χ0) is 19.4. The van der Waals surface area contributed by atoms with Gasteiger partial charge in [0.15, 0.2) is 0 Å². The van der Waals surface area contributed by atoms with E-state index >= 15 is 0 Å². The second kappa shape index (κ2) is 8.55. The minimum atomic E-state index is -0.271. The minimum Gasteiger partial charge on any atom is -0.490 e.